The van der Waals surface area contributed by atoms with Crippen molar-refractivity contribution in [2.24, 2.45) is 0 Å². The van der Waals surface area contributed by atoms with E-state index in [0.29, 0.717) is 11.4 Å². The van der Waals surface area contributed by atoms with E-state index in [1.165, 1.54) is 13.3 Å². The summed E-state index contributed by atoms with van der Waals surface area (Å²) < 4.78 is 4.83. The number of carbonyl (C=O) groups excluding carboxylic acids is 1. The predicted octanol–water partition coefficient (Wildman–Crippen LogP) is 1.11. The van der Waals surface area contributed by atoms with Gasteiger partial charge in [-0.15, -0.1) is 0 Å². The molecule has 0 spiro atoms. The molecule has 58 valence electrons. The van der Waals surface area contributed by atoms with Gasteiger partial charge in [0.15, 0.2) is 5.52 Å². The molecule has 0 aliphatic heterocycles. The number of aromatic nitrogens is 1. The average molecular weight is 169 g/mol. The maximum absolute atomic E-state index is 10.8. The van der Waals surface area contributed by atoms with Crippen LogP contribution in [0.15, 0.2) is 18.3 Å². The smallest absolute Gasteiger partial charge is 0.213 e. The van der Waals surface area contributed by atoms with Crippen LogP contribution in [0.5, 0.6) is 5.88 Å². The van der Waals surface area contributed by atoms with E-state index >= 15 is 0 Å². The van der Waals surface area contributed by atoms with Crippen molar-refractivity contribution in [3.63, 3.8) is 0 Å². The van der Waals surface area contributed by atoms with E-state index in [1.807, 2.05) is 0 Å². The van der Waals surface area contributed by atoms with Gasteiger partial charge in [0.2, 0.25) is 5.88 Å². The van der Waals surface area contributed by atoms with Crippen LogP contribution in [-0.2, 0) is 0 Å². The van der Waals surface area contributed by atoms with Crippen LogP contribution in [0, 0.1) is 0 Å². The lowest BCUT2D eigenvalue weighted by Crippen LogP contribution is -1.91. The molecule has 1 aromatic rings. The minimum absolute atomic E-state index is 0.0642. The molecule has 1 unspecified atom stereocenters. The van der Waals surface area contributed by atoms with E-state index in [9.17, 15) is 4.79 Å². The molecule has 0 radical (unpaired) electrons. The first kappa shape index (κ1) is 8.15. The summed E-state index contributed by atoms with van der Waals surface area (Å²) in [5.74, 6) is 0.457. The summed E-state index contributed by atoms with van der Waals surface area (Å²) in [6, 6.07) is 3.23. The molecule has 3 nitrogen and oxygen atoms in total. The average Bonchev–Trinajstić information content (AvgIpc) is 2.05. The van der Waals surface area contributed by atoms with Crippen LogP contribution in [0.3, 0.4) is 0 Å². The fraction of sp³-hybridized carbons (Fsp3) is 0.143. The zero-order valence-corrected chi connectivity index (χ0v) is 7.23. The van der Waals surface area contributed by atoms with Gasteiger partial charge in [-0.25, -0.2) is 4.98 Å². The predicted molar refractivity (Wildman–Crippen MR) is 44.8 cm³/mol. The molecule has 1 heterocycles. The number of hydrogen-bond donors (Lipinski definition) is 0. The number of nitrogens with zero attached hydrogens (tertiary/aromatic N) is 1. The molecule has 0 fully saturated rings. The van der Waals surface area contributed by atoms with E-state index in [1.54, 1.807) is 12.1 Å². The Morgan fingerprint density at radius 2 is 2.45 bits per heavy atom. The van der Waals surface area contributed by atoms with E-state index in [0.717, 1.165) is 0 Å². The second-order valence-corrected chi connectivity index (χ2v) is 2.48. The first-order chi connectivity index (χ1) is 5.24. The molecule has 0 bridgehead atoms. The minimum atomic E-state index is -0.0642. The zero-order chi connectivity index (χ0) is 8.27. The highest BCUT2D eigenvalue weighted by Crippen LogP contribution is 2.11. The summed E-state index contributed by atoms with van der Waals surface area (Å²) in [6.45, 7) is 0. The van der Waals surface area contributed by atoms with Gasteiger partial charge in [-0.3, -0.25) is 4.79 Å². The molecule has 1 atom stereocenters. The molecule has 11 heavy (non-hydrogen) atoms. The van der Waals surface area contributed by atoms with Crippen molar-refractivity contribution in [3.05, 3.63) is 23.9 Å². The van der Waals surface area contributed by atoms with Crippen LogP contribution in [0.25, 0.3) is 0 Å². The highest BCUT2D eigenvalue weighted by molar-refractivity contribution is 7.41. The molecule has 0 aliphatic rings. The normalized spacial score (nSPS) is 9.27. The lowest BCUT2D eigenvalue weighted by atomic mass is 10.3. The summed E-state index contributed by atoms with van der Waals surface area (Å²) >= 11 is 0. The fourth-order valence-corrected chi connectivity index (χ4v) is 0.854. The topological polar surface area (TPSA) is 39.2 Å². The molecule has 0 saturated heterocycles. The number of pyridine rings is 1. The third-order valence-corrected chi connectivity index (χ3v) is 1.56. The highest BCUT2D eigenvalue weighted by atomic mass is 31.0. The van der Waals surface area contributed by atoms with Gasteiger partial charge in [0.1, 0.15) is 0 Å². The monoisotopic (exact) mass is 169 g/mol. The van der Waals surface area contributed by atoms with Crippen molar-refractivity contribution in [1.82, 2.24) is 4.98 Å². The number of hydrogen-bond acceptors (Lipinski definition) is 3. The van der Waals surface area contributed by atoms with Crippen molar-refractivity contribution < 1.29 is 9.53 Å². The molecule has 0 N–H and O–H groups in total. The molecular formula is C7H8NO2P. The van der Waals surface area contributed by atoms with Gasteiger partial charge < -0.3 is 4.74 Å². The lowest BCUT2D eigenvalue weighted by molar-refractivity contribution is 0.108. The Labute approximate surface area is 67.0 Å². The summed E-state index contributed by atoms with van der Waals surface area (Å²) in [6.07, 6.45) is 1.54. The van der Waals surface area contributed by atoms with Gasteiger partial charge in [-0.05, 0) is 6.07 Å². The summed E-state index contributed by atoms with van der Waals surface area (Å²) in [7, 11) is 3.61. The summed E-state index contributed by atoms with van der Waals surface area (Å²) in [4.78, 5) is 14.6. The van der Waals surface area contributed by atoms with Crippen LogP contribution in [0.2, 0.25) is 0 Å². The highest BCUT2D eigenvalue weighted by Gasteiger charge is 2.00. The van der Waals surface area contributed by atoms with E-state index in [2.05, 4.69) is 14.2 Å². The first-order valence-electron chi connectivity index (χ1n) is 3.04. The third kappa shape index (κ3) is 1.99. The van der Waals surface area contributed by atoms with Gasteiger partial charge in [-0.1, -0.05) is 9.24 Å². The van der Waals surface area contributed by atoms with Gasteiger partial charge in [0, 0.05) is 17.8 Å². The van der Waals surface area contributed by atoms with Crippen molar-refractivity contribution >= 4 is 14.8 Å². The van der Waals surface area contributed by atoms with Crippen LogP contribution in [0.1, 0.15) is 10.4 Å². The summed E-state index contributed by atoms with van der Waals surface area (Å²) in [5.41, 5.74) is 0.521. The molecular weight excluding hydrogens is 161 g/mol. The first-order valence-corrected chi connectivity index (χ1v) is 3.61. The number of carbonyl (C=O) groups is 1. The Kier molecular flexibility index (Phi) is 2.55. The Hall–Kier alpha value is -0.950. The molecule has 0 aliphatic carbocycles. The maximum Gasteiger partial charge on any atom is 0.213 e. The number of ether oxygens (including phenoxy) is 1. The van der Waals surface area contributed by atoms with E-state index in [4.69, 9.17) is 4.74 Å². The van der Waals surface area contributed by atoms with Gasteiger partial charge in [0.25, 0.3) is 0 Å². The Morgan fingerprint density at radius 1 is 1.73 bits per heavy atom. The van der Waals surface area contributed by atoms with Gasteiger partial charge >= 0.3 is 0 Å². The SMILES string of the molecule is COc1cc(C(=O)P)ccn1. The third-order valence-electron chi connectivity index (χ3n) is 1.23. The molecule has 0 aromatic carbocycles. The van der Waals surface area contributed by atoms with Crippen molar-refractivity contribution in [2.45, 2.75) is 0 Å². The molecule has 0 amide bonds. The molecule has 4 heteroatoms. The van der Waals surface area contributed by atoms with E-state index < -0.39 is 0 Å². The van der Waals surface area contributed by atoms with Crippen molar-refractivity contribution in [1.29, 1.82) is 0 Å². The van der Waals surface area contributed by atoms with Crippen LogP contribution >= 0.6 is 9.24 Å². The van der Waals surface area contributed by atoms with Crippen molar-refractivity contribution in [3.8, 4) is 5.88 Å². The van der Waals surface area contributed by atoms with Gasteiger partial charge in [-0.2, -0.15) is 0 Å². The number of methoxy groups -OCH3 is 1. The van der Waals surface area contributed by atoms with Crippen LogP contribution in [-0.4, -0.2) is 17.6 Å². The van der Waals surface area contributed by atoms with Crippen LogP contribution in [0.4, 0.5) is 0 Å². The number of rotatable bonds is 2. The Balaban J connectivity index is 3.01. The second kappa shape index (κ2) is 3.44. The van der Waals surface area contributed by atoms with Crippen LogP contribution < -0.4 is 4.74 Å². The second-order valence-electron chi connectivity index (χ2n) is 1.95. The summed E-state index contributed by atoms with van der Waals surface area (Å²) in [5, 5.41) is 0. The largest absolute Gasteiger partial charge is 0.481 e. The van der Waals surface area contributed by atoms with E-state index in [-0.39, 0.29) is 5.52 Å². The molecule has 0 saturated carbocycles. The minimum Gasteiger partial charge on any atom is -0.481 e. The lowest BCUT2D eigenvalue weighted by Gasteiger charge is -1.98. The van der Waals surface area contributed by atoms with Gasteiger partial charge in [0.05, 0.1) is 7.11 Å². The standard InChI is InChI=1S/C7H8NO2P/c1-10-6-4-5(7(9)11)2-3-8-6/h2-4H,11H2,1H3. The molecule has 1 rings (SSSR count). The quantitative estimate of drug-likeness (QED) is 0.622. The van der Waals surface area contributed by atoms with Crippen molar-refractivity contribution in [2.75, 3.05) is 7.11 Å². The maximum atomic E-state index is 10.8. The fourth-order valence-electron chi connectivity index (χ4n) is 0.674. The zero-order valence-electron chi connectivity index (χ0n) is 6.07. The molecule has 1 aromatic heterocycles. The Bertz CT molecular complexity index is 275. The Morgan fingerprint density at radius 3 is 3.00 bits per heavy atom.